The lowest BCUT2D eigenvalue weighted by Crippen LogP contribution is -1.95. The molecule has 5 nitrogen and oxygen atoms in total. The molecule has 0 amide bonds. The van der Waals surface area contributed by atoms with Crippen LogP contribution < -0.4 is 4.74 Å². The van der Waals surface area contributed by atoms with Gasteiger partial charge >= 0.3 is 6.01 Å². The molecule has 0 aliphatic rings. The zero-order valence-corrected chi connectivity index (χ0v) is 11.6. The Labute approximate surface area is 125 Å². The average Bonchev–Trinajstić information content (AvgIpc) is 2.99. The monoisotopic (exact) mass is 299 g/mol. The number of ether oxygens (including phenoxy) is 1. The second kappa shape index (κ2) is 5.76. The van der Waals surface area contributed by atoms with E-state index >= 15 is 0 Å². The Bertz CT molecular complexity index is 772. The molecule has 1 heterocycles. The lowest BCUT2D eigenvalue weighted by molar-refractivity contribution is 0.112. The average molecular weight is 300 g/mol. The predicted octanol–water partition coefficient (Wildman–Crippen LogP) is 3.53. The number of aromatic nitrogens is 3. The summed E-state index contributed by atoms with van der Waals surface area (Å²) < 4.78 is 7.12. The SMILES string of the molecule is O=Cc1ccc(Oc2ncn(-c3ccccc3)n2)c(Cl)c1. The zero-order valence-electron chi connectivity index (χ0n) is 10.8. The van der Waals surface area contributed by atoms with Crippen LogP contribution in [0.25, 0.3) is 5.69 Å². The normalized spacial score (nSPS) is 10.3. The van der Waals surface area contributed by atoms with Gasteiger partial charge in [0.1, 0.15) is 18.4 Å². The van der Waals surface area contributed by atoms with E-state index in [9.17, 15) is 4.79 Å². The Morgan fingerprint density at radius 1 is 1.14 bits per heavy atom. The van der Waals surface area contributed by atoms with Gasteiger partial charge in [0, 0.05) is 5.56 Å². The van der Waals surface area contributed by atoms with E-state index in [2.05, 4.69) is 10.1 Å². The Kier molecular flexibility index (Phi) is 3.66. The first-order valence-electron chi connectivity index (χ1n) is 6.16. The third kappa shape index (κ3) is 2.93. The van der Waals surface area contributed by atoms with E-state index in [4.69, 9.17) is 16.3 Å². The summed E-state index contributed by atoms with van der Waals surface area (Å²) in [6.07, 6.45) is 2.27. The Hall–Kier alpha value is -2.66. The minimum absolute atomic E-state index is 0.180. The van der Waals surface area contributed by atoms with Gasteiger partial charge in [0.15, 0.2) is 0 Å². The highest BCUT2D eigenvalue weighted by Gasteiger charge is 2.08. The summed E-state index contributed by atoms with van der Waals surface area (Å²) in [5.74, 6) is 0.396. The van der Waals surface area contributed by atoms with Crippen LogP contribution in [0.5, 0.6) is 11.8 Å². The molecule has 0 spiro atoms. The van der Waals surface area contributed by atoms with Crippen LogP contribution in [-0.2, 0) is 0 Å². The van der Waals surface area contributed by atoms with Gasteiger partial charge < -0.3 is 4.74 Å². The van der Waals surface area contributed by atoms with Crippen LogP contribution in [0.4, 0.5) is 0 Å². The molecule has 0 bridgehead atoms. The number of hydrogen-bond donors (Lipinski definition) is 0. The summed E-state index contributed by atoms with van der Waals surface area (Å²) in [5.41, 5.74) is 1.36. The largest absolute Gasteiger partial charge is 0.422 e. The summed E-state index contributed by atoms with van der Waals surface area (Å²) in [5, 5.41) is 4.54. The van der Waals surface area contributed by atoms with Crippen LogP contribution in [0, 0.1) is 0 Å². The lowest BCUT2D eigenvalue weighted by atomic mass is 10.2. The van der Waals surface area contributed by atoms with E-state index in [1.807, 2.05) is 30.3 Å². The maximum absolute atomic E-state index is 10.7. The van der Waals surface area contributed by atoms with Gasteiger partial charge in [-0.2, -0.15) is 4.98 Å². The van der Waals surface area contributed by atoms with Crippen molar-refractivity contribution in [3.8, 4) is 17.4 Å². The van der Waals surface area contributed by atoms with E-state index in [1.165, 1.54) is 6.07 Å². The molecular weight excluding hydrogens is 290 g/mol. The van der Waals surface area contributed by atoms with Crippen LogP contribution in [0.3, 0.4) is 0 Å². The molecule has 0 N–H and O–H groups in total. The maximum Gasteiger partial charge on any atom is 0.341 e. The second-order valence-corrected chi connectivity index (χ2v) is 4.62. The molecule has 0 radical (unpaired) electrons. The van der Waals surface area contributed by atoms with Crippen molar-refractivity contribution in [2.75, 3.05) is 0 Å². The number of para-hydroxylation sites is 1. The molecule has 0 saturated carbocycles. The highest BCUT2D eigenvalue weighted by atomic mass is 35.5. The molecule has 3 rings (SSSR count). The lowest BCUT2D eigenvalue weighted by Gasteiger charge is -2.03. The fourth-order valence-corrected chi connectivity index (χ4v) is 2.00. The van der Waals surface area contributed by atoms with E-state index < -0.39 is 0 Å². The van der Waals surface area contributed by atoms with Crippen LogP contribution in [0.15, 0.2) is 54.9 Å². The third-order valence-corrected chi connectivity index (χ3v) is 3.08. The molecule has 1 aromatic heterocycles. The number of carbonyl (C=O) groups is 1. The van der Waals surface area contributed by atoms with Crippen molar-refractivity contribution in [1.29, 1.82) is 0 Å². The summed E-state index contributed by atoms with van der Waals surface area (Å²) in [4.78, 5) is 14.7. The molecular formula is C15H10ClN3O2. The minimum Gasteiger partial charge on any atom is -0.422 e. The van der Waals surface area contributed by atoms with Crippen molar-refractivity contribution in [2.24, 2.45) is 0 Å². The van der Waals surface area contributed by atoms with Crippen molar-refractivity contribution in [1.82, 2.24) is 14.8 Å². The third-order valence-electron chi connectivity index (χ3n) is 2.78. The highest BCUT2D eigenvalue weighted by molar-refractivity contribution is 6.32. The molecule has 3 aromatic rings. The fourth-order valence-electron chi connectivity index (χ4n) is 1.77. The van der Waals surface area contributed by atoms with Crippen LogP contribution >= 0.6 is 11.6 Å². The van der Waals surface area contributed by atoms with Crippen molar-refractivity contribution in [3.05, 3.63) is 65.4 Å². The number of rotatable bonds is 4. The number of nitrogens with zero attached hydrogens (tertiary/aromatic N) is 3. The first kappa shape index (κ1) is 13.3. The van der Waals surface area contributed by atoms with Crippen molar-refractivity contribution >= 4 is 17.9 Å². The van der Waals surface area contributed by atoms with Crippen molar-refractivity contribution in [2.45, 2.75) is 0 Å². The smallest absolute Gasteiger partial charge is 0.341 e. The zero-order chi connectivity index (χ0) is 14.7. The van der Waals surface area contributed by atoms with E-state index in [0.717, 1.165) is 12.0 Å². The molecule has 0 saturated heterocycles. The van der Waals surface area contributed by atoms with Crippen molar-refractivity contribution < 1.29 is 9.53 Å². The van der Waals surface area contributed by atoms with Gasteiger partial charge in [-0.1, -0.05) is 29.8 Å². The molecule has 104 valence electrons. The van der Waals surface area contributed by atoms with E-state index in [1.54, 1.807) is 23.1 Å². The van der Waals surface area contributed by atoms with Crippen molar-refractivity contribution in [3.63, 3.8) is 0 Å². The summed E-state index contributed by atoms with van der Waals surface area (Å²) in [7, 11) is 0. The number of halogens is 1. The molecule has 2 aromatic carbocycles. The number of carbonyl (C=O) groups excluding carboxylic acids is 1. The van der Waals surface area contributed by atoms with Gasteiger partial charge in [-0.25, -0.2) is 4.68 Å². The van der Waals surface area contributed by atoms with Crippen LogP contribution in [0.2, 0.25) is 5.02 Å². The number of aldehydes is 1. The second-order valence-electron chi connectivity index (χ2n) is 4.22. The quantitative estimate of drug-likeness (QED) is 0.692. The standard InChI is InChI=1S/C15H10ClN3O2/c16-13-8-11(9-20)6-7-14(13)21-15-17-10-19(18-15)12-4-2-1-3-5-12/h1-10H. The van der Waals surface area contributed by atoms with Gasteiger partial charge in [0.2, 0.25) is 0 Å². The van der Waals surface area contributed by atoms with E-state index in [-0.39, 0.29) is 6.01 Å². The molecule has 0 atom stereocenters. The molecule has 21 heavy (non-hydrogen) atoms. The molecule has 0 aliphatic carbocycles. The Morgan fingerprint density at radius 2 is 1.95 bits per heavy atom. The number of hydrogen-bond acceptors (Lipinski definition) is 4. The molecule has 0 aliphatic heterocycles. The first-order valence-corrected chi connectivity index (χ1v) is 6.54. The van der Waals surface area contributed by atoms with Gasteiger partial charge in [-0.3, -0.25) is 4.79 Å². The minimum atomic E-state index is 0.180. The van der Waals surface area contributed by atoms with Crippen LogP contribution in [0.1, 0.15) is 10.4 Å². The predicted molar refractivity (Wildman–Crippen MR) is 78.3 cm³/mol. The van der Waals surface area contributed by atoms with Gasteiger partial charge in [-0.15, -0.1) is 5.10 Å². The first-order chi connectivity index (χ1) is 10.3. The summed E-state index contributed by atoms with van der Waals surface area (Å²) in [6.45, 7) is 0. The van der Waals surface area contributed by atoms with Gasteiger partial charge in [0.05, 0.1) is 10.7 Å². The summed E-state index contributed by atoms with van der Waals surface area (Å²) >= 11 is 6.04. The van der Waals surface area contributed by atoms with Gasteiger partial charge in [-0.05, 0) is 30.3 Å². The molecule has 0 fully saturated rings. The van der Waals surface area contributed by atoms with Crippen LogP contribution in [-0.4, -0.2) is 21.1 Å². The molecule has 0 unspecified atom stereocenters. The number of benzene rings is 2. The Morgan fingerprint density at radius 3 is 2.67 bits per heavy atom. The van der Waals surface area contributed by atoms with Gasteiger partial charge in [0.25, 0.3) is 0 Å². The Balaban J connectivity index is 1.83. The fraction of sp³-hybridized carbons (Fsp3) is 0. The maximum atomic E-state index is 10.7. The topological polar surface area (TPSA) is 57.0 Å². The summed E-state index contributed by atoms with van der Waals surface area (Å²) in [6, 6.07) is 14.5. The highest BCUT2D eigenvalue weighted by Crippen LogP contribution is 2.28. The van der Waals surface area contributed by atoms with E-state index in [0.29, 0.717) is 16.3 Å². The molecule has 6 heteroatoms.